The van der Waals surface area contributed by atoms with Crippen molar-refractivity contribution in [2.75, 3.05) is 18.6 Å². The molecule has 1 N–H and O–H groups in total. The number of carbonyl (C=O) groups excluding carboxylic acids is 2. The van der Waals surface area contributed by atoms with Crippen LogP contribution in [-0.2, 0) is 4.79 Å². The average molecular weight is 459 g/mol. The van der Waals surface area contributed by atoms with Gasteiger partial charge in [0.2, 0.25) is 0 Å². The SMILES string of the molecule is COc1cc(F)c([C@@H]2CN(c3cccnn3)C(=O)[C@H]2NC(=O)c2ccc(Cl)cc2)c(F)c1. The molecule has 0 radical (unpaired) electrons. The Morgan fingerprint density at radius 3 is 2.47 bits per heavy atom. The molecule has 32 heavy (non-hydrogen) atoms. The van der Waals surface area contributed by atoms with E-state index in [0.29, 0.717) is 5.02 Å². The van der Waals surface area contributed by atoms with Gasteiger partial charge in [0.1, 0.15) is 23.4 Å². The fraction of sp³-hybridized carbons (Fsp3) is 0.182. The maximum Gasteiger partial charge on any atom is 0.251 e. The Morgan fingerprint density at radius 2 is 1.88 bits per heavy atom. The summed E-state index contributed by atoms with van der Waals surface area (Å²) >= 11 is 5.86. The molecule has 0 saturated carbocycles. The number of ether oxygens (including phenoxy) is 1. The van der Waals surface area contributed by atoms with Crippen LogP contribution in [0.5, 0.6) is 5.75 Å². The summed E-state index contributed by atoms with van der Waals surface area (Å²) in [6, 6.07) is 9.99. The third-order valence-corrected chi connectivity index (χ3v) is 5.45. The highest BCUT2D eigenvalue weighted by Crippen LogP contribution is 2.36. The molecule has 0 aliphatic carbocycles. The molecule has 1 saturated heterocycles. The van der Waals surface area contributed by atoms with Crippen LogP contribution in [0.1, 0.15) is 21.8 Å². The maximum atomic E-state index is 14.9. The van der Waals surface area contributed by atoms with E-state index in [4.69, 9.17) is 16.3 Å². The van der Waals surface area contributed by atoms with Crippen molar-refractivity contribution in [3.8, 4) is 5.75 Å². The molecular formula is C22H17ClF2N4O3. The van der Waals surface area contributed by atoms with Crippen molar-refractivity contribution in [2.45, 2.75) is 12.0 Å². The third kappa shape index (κ3) is 4.11. The Hall–Kier alpha value is -3.59. The van der Waals surface area contributed by atoms with Crippen LogP contribution in [0.4, 0.5) is 14.6 Å². The summed E-state index contributed by atoms with van der Waals surface area (Å²) < 4.78 is 34.7. The summed E-state index contributed by atoms with van der Waals surface area (Å²) in [5.41, 5.74) is -0.0819. The van der Waals surface area contributed by atoms with Crippen molar-refractivity contribution in [1.29, 1.82) is 0 Å². The van der Waals surface area contributed by atoms with Gasteiger partial charge >= 0.3 is 0 Å². The Balaban J connectivity index is 1.72. The van der Waals surface area contributed by atoms with E-state index < -0.39 is 35.4 Å². The fourth-order valence-corrected chi connectivity index (χ4v) is 3.78. The lowest BCUT2D eigenvalue weighted by atomic mass is 9.92. The topological polar surface area (TPSA) is 84.4 Å². The molecule has 1 aliphatic heterocycles. The normalized spacial score (nSPS) is 18.0. The summed E-state index contributed by atoms with van der Waals surface area (Å²) in [5.74, 6) is -3.72. The van der Waals surface area contributed by atoms with E-state index in [1.807, 2.05) is 0 Å². The first-order valence-corrected chi connectivity index (χ1v) is 9.95. The molecule has 0 unspecified atom stereocenters. The minimum atomic E-state index is -1.24. The predicted molar refractivity (Wildman–Crippen MR) is 113 cm³/mol. The zero-order chi connectivity index (χ0) is 22.8. The Kier molecular flexibility index (Phi) is 6.00. The van der Waals surface area contributed by atoms with Crippen LogP contribution in [-0.4, -0.2) is 41.7 Å². The third-order valence-electron chi connectivity index (χ3n) is 5.20. The van der Waals surface area contributed by atoms with Crippen molar-refractivity contribution in [3.63, 3.8) is 0 Å². The lowest BCUT2D eigenvalue weighted by Crippen LogP contribution is -2.44. The van der Waals surface area contributed by atoms with Crippen molar-refractivity contribution in [3.05, 3.63) is 82.5 Å². The maximum absolute atomic E-state index is 14.9. The summed E-state index contributed by atoms with van der Waals surface area (Å²) in [6.07, 6.45) is 1.43. The number of hydrogen-bond donors (Lipinski definition) is 1. The standard InChI is InChI=1S/C22H17ClF2N4O3/c1-32-14-9-16(24)19(17(25)10-14)15-11-29(18-3-2-8-26-28-18)22(31)20(15)27-21(30)12-4-6-13(23)7-5-12/h2-10,15,20H,11H2,1H3,(H,27,30)/t15-,20-/m0/s1. The van der Waals surface area contributed by atoms with Gasteiger partial charge in [-0.3, -0.25) is 14.5 Å². The van der Waals surface area contributed by atoms with Gasteiger partial charge in [0.05, 0.1) is 7.11 Å². The molecule has 1 fully saturated rings. The number of anilines is 1. The van der Waals surface area contributed by atoms with Crippen LogP contribution in [0.25, 0.3) is 0 Å². The summed E-state index contributed by atoms with van der Waals surface area (Å²) in [4.78, 5) is 27.2. The van der Waals surface area contributed by atoms with Crippen LogP contribution in [0.2, 0.25) is 5.02 Å². The molecule has 2 atom stereocenters. The monoisotopic (exact) mass is 458 g/mol. The average Bonchev–Trinajstić information content (AvgIpc) is 3.10. The fourth-order valence-electron chi connectivity index (χ4n) is 3.66. The number of amides is 2. The second-order valence-electron chi connectivity index (χ2n) is 7.10. The van der Waals surface area contributed by atoms with Gasteiger partial charge in [-0.1, -0.05) is 11.6 Å². The molecule has 0 bridgehead atoms. The second kappa shape index (κ2) is 8.88. The van der Waals surface area contributed by atoms with Gasteiger partial charge in [-0.05, 0) is 36.4 Å². The van der Waals surface area contributed by atoms with Gasteiger partial charge in [-0.25, -0.2) is 8.78 Å². The van der Waals surface area contributed by atoms with Crippen LogP contribution in [0.3, 0.4) is 0 Å². The zero-order valence-electron chi connectivity index (χ0n) is 16.8. The number of nitrogens with one attached hydrogen (secondary N) is 1. The number of nitrogens with zero attached hydrogens (tertiary/aromatic N) is 3. The smallest absolute Gasteiger partial charge is 0.251 e. The quantitative estimate of drug-likeness (QED) is 0.634. The number of hydrogen-bond acceptors (Lipinski definition) is 5. The molecule has 2 heterocycles. The Bertz CT molecular complexity index is 1140. The first-order chi connectivity index (χ1) is 15.4. The summed E-state index contributed by atoms with van der Waals surface area (Å²) in [6.45, 7) is -0.108. The summed E-state index contributed by atoms with van der Waals surface area (Å²) in [7, 11) is 1.29. The number of halogens is 3. The molecule has 1 aromatic heterocycles. The minimum absolute atomic E-state index is 0.000561. The lowest BCUT2D eigenvalue weighted by Gasteiger charge is -2.20. The predicted octanol–water partition coefficient (Wildman–Crippen LogP) is 3.35. The molecule has 1 aliphatic rings. The largest absolute Gasteiger partial charge is 0.497 e. The van der Waals surface area contributed by atoms with Gasteiger partial charge in [0, 0.05) is 46.9 Å². The number of carbonyl (C=O) groups is 2. The van der Waals surface area contributed by atoms with E-state index in [0.717, 1.165) is 12.1 Å². The molecule has 3 aromatic rings. The van der Waals surface area contributed by atoms with Crippen molar-refractivity contribution in [1.82, 2.24) is 15.5 Å². The van der Waals surface area contributed by atoms with E-state index in [9.17, 15) is 18.4 Å². The van der Waals surface area contributed by atoms with E-state index in [1.54, 1.807) is 12.1 Å². The van der Waals surface area contributed by atoms with Crippen LogP contribution in [0.15, 0.2) is 54.7 Å². The molecular weight excluding hydrogens is 442 g/mol. The van der Waals surface area contributed by atoms with E-state index in [1.165, 1.54) is 42.5 Å². The molecule has 0 spiro atoms. The molecule has 2 amide bonds. The second-order valence-corrected chi connectivity index (χ2v) is 7.54. The van der Waals surface area contributed by atoms with Crippen LogP contribution >= 0.6 is 11.6 Å². The first-order valence-electron chi connectivity index (χ1n) is 9.57. The van der Waals surface area contributed by atoms with Crippen molar-refractivity contribution < 1.29 is 23.1 Å². The number of aromatic nitrogens is 2. The van der Waals surface area contributed by atoms with Gasteiger partial charge in [0.15, 0.2) is 5.82 Å². The first kappa shape index (κ1) is 21.6. The van der Waals surface area contributed by atoms with E-state index in [-0.39, 0.29) is 29.2 Å². The lowest BCUT2D eigenvalue weighted by molar-refractivity contribution is -0.118. The molecule has 4 rings (SSSR count). The van der Waals surface area contributed by atoms with Gasteiger partial charge in [0.25, 0.3) is 11.8 Å². The highest BCUT2D eigenvalue weighted by atomic mass is 35.5. The van der Waals surface area contributed by atoms with Crippen molar-refractivity contribution >= 4 is 29.2 Å². The van der Waals surface area contributed by atoms with Crippen LogP contribution in [0, 0.1) is 11.6 Å². The highest BCUT2D eigenvalue weighted by Gasteiger charge is 2.45. The molecule has 10 heteroatoms. The van der Waals surface area contributed by atoms with E-state index in [2.05, 4.69) is 15.5 Å². The van der Waals surface area contributed by atoms with E-state index >= 15 is 0 Å². The minimum Gasteiger partial charge on any atom is -0.497 e. The van der Waals surface area contributed by atoms with Crippen LogP contribution < -0.4 is 15.0 Å². The molecule has 2 aromatic carbocycles. The van der Waals surface area contributed by atoms with Gasteiger partial charge < -0.3 is 10.1 Å². The number of methoxy groups -OCH3 is 1. The Morgan fingerprint density at radius 1 is 1.19 bits per heavy atom. The van der Waals surface area contributed by atoms with Gasteiger partial charge in [-0.2, -0.15) is 5.10 Å². The number of rotatable bonds is 5. The zero-order valence-corrected chi connectivity index (χ0v) is 17.5. The summed E-state index contributed by atoms with van der Waals surface area (Å²) in [5, 5.41) is 10.7. The Labute approximate surface area is 187 Å². The van der Waals surface area contributed by atoms with Gasteiger partial charge in [-0.15, -0.1) is 5.10 Å². The molecule has 164 valence electrons. The number of benzene rings is 2. The molecule has 7 nitrogen and oxygen atoms in total. The highest BCUT2D eigenvalue weighted by molar-refractivity contribution is 6.30. The van der Waals surface area contributed by atoms with Crippen molar-refractivity contribution in [2.24, 2.45) is 0 Å².